The first kappa shape index (κ1) is 20.0. The number of nitrogens with one attached hydrogen (secondary N) is 1. The molecule has 142 valence electrons. The van der Waals surface area contributed by atoms with Gasteiger partial charge < -0.3 is 20.1 Å². The Morgan fingerprint density at radius 2 is 2.20 bits per heavy atom. The highest BCUT2D eigenvalue weighted by Crippen LogP contribution is 2.30. The fraction of sp³-hybridized carbons (Fsp3) is 0.750. The third kappa shape index (κ3) is 6.15. The molecule has 25 heavy (non-hydrogen) atoms. The summed E-state index contributed by atoms with van der Waals surface area (Å²) < 4.78 is 5.90. The molecule has 0 aromatic carbocycles. The van der Waals surface area contributed by atoms with Gasteiger partial charge in [0.05, 0.1) is 11.6 Å². The maximum Gasteiger partial charge on any atom is 0.214 e. The van der Waals surface area contributed by atoms with E-state index in [9.17, 15) is 5.11 Å². The van der Waals surface area contributed by atoms with Gasteiger partial charge in [0.1, 0.15) is 6.61 Å². The highest BCUT2D eigenvalue weighted by molar-refractivity contribution is 5.95. The highest BCUT2D eigenvalue weighted by Gasteiger charge is 2.31. The Bertz CT molecular complexity index is 523. The molecule has 0 radical (unpaired) electrons. The van der Waals surface area contributed by atoms with Crippen LogP contribution in [0.2, 0.25) is 0 Å². The fourth-order valence-corrected chi connectivity index (χ4v) is 3.05. The summed E-state index contributed by atoms with van der Waals surface area (Å²) in [6, 6.07) is 0.375. The second-order valence-corrected chi connectivity index (χ2v) is 8.11. The van der Waals surface area contributed by atoms with Crippen molar-refractivity contribution < 1.29 is 9.84 Å². The Morgan fingerprint density at radius 3 is 2.80 bits per heavy atom. The molecular formula is C20H35N3O2. The van der Waals surface area contributed by atoms with Crippen LogP contribution < -0.4 is 5.32 Å². The third-order valence-electron chi connectivity index (χ3n) is 4.48. The SMILES string of the molecule is CCCCC1C=CN(CC(O)CNC(C)C)C=C1C1=NC(C)(C)CO1. The molecule has 2 atom stereocenters. The monoisotopic (exact) mass is 349 g/mol. The molecule has 0 aliphatic carbocycles. The lowest BCUT2D eigenvalue weighted by Gasteiger charge is -2.28. The van der Waals surface area contributed by atoms with E-state index in [-0.39, 0.29) is 5.54 Å². The summed E-state index contributed by atoms with van der Waals surface area (Å²) in [6.45, 7) is 12.4. The Kier molecular flexibility index (Phi) is 7.08. The number of unbranched alkanes of at least 4 members (excludes halogenated alkanes) is 1. The predicted molar refractivity (Wildman–Crippen MR) is 104 cm³/mol. The maximum atomic E-state index is 10.3. The highest BCUT2D eigenvalue weighted by atomic mass is 16.5. The van der Waals surface area contributed by atoms with E-state index in [0.29, 0.717) is 31.7 Å². The molecule has 2 rings (SSSR count). The topological polar surface area (TPSA) is 57.1 Å². The minimum Gasteiger partial charge on any atom is -0.475 e. The van der Waals surface area contributed by atoms with Crippen molar-refractivity contribution in [3.8, 4) is 0 Å². The van der Waals surface area contributed by atoms with E-state index in [1.807, 2.05) is 0 Å². The van der Waals surface area contributed by atoms with E-state index in [2.05, 4.69) is 63.3 Å². The van der Waals surface area contributed by atoms with Crippen LogP contribution >= 0.6 is 0 Å². The molecule has 0 aromatic heterocycles. The number of aliphatic hydroxyl groups is 1. The van der Waals surface area contributed by atoms with Gasteiger partial charge in [-0.1, -0.05) is 39.7 Å². The molecular weight excluding hydrogens is 314 g/mol. The minimum absolute atomic E-state index is 0.155. The third-order valence-corrected chi connectivity index (χ3v) is 4.48. The summed E-state index contributed by atoms with van der Waals surface area (Å²) in [5.74, 6) is 1.12. The summed E-state index contributed by atoms with van der Waals surface area (Å²) >= 11 is 0. The number of β-amino-alcohol motifs (C(OH)–C–C–N with tert-alkyl or cyclic N) is 1. The number of ether oxygens (including phenoxy) is 1. The average molecular weight is 350 g/mol. The molecule has 0 fully saturated rings. The van der Waals surface area contributed by atoms with Gasteiger partial charge in [-0.3, -0.25) is 0 Å². The molecule has 0 aromatic rings. The predicted octanol–water partition coefficient (Wildman–Crippen LogP) is 3.07. The Labute approximate surface area is 152 Å². The van der Waals surface area contributed by atoms with Crippen LogP contribution in [0.25, 0.3) is 0 Å². The average Bonchev–Trinajstić information content (AvgIpc) is 2.91. The minimum atomic E-state index is -0.417. The zero-order valence-electron chi connectivity index (χ0n) is 16.5. The van der Waals surface area contributed by atoms with Crippen LogP contribution in [0, 0.1) is 5.92 Å². The molecule has 2 N–H and O–H groups in total. The van der Waals surface area contributed by atoms with Crippen LogP contribution in [0.3, 0.4) is 0 Å². The van der Waals surface area contributed by atoms with Crippen molar-refractivity contribution in [1.29, 1.82) is 0 Å². The number of aliphatic imine (C=N–C) groups is 1. The van der Waals surface area contributed by atoms with Gasteiger partial charge in [0.2, 0.25) is 5.90 Å². The Hall–Kier alpha value is -1.33. The quantitative estimate of drug-likeness (QED) is 0.672. The van der Waals surface area contributed by atoms with Gasteiger partial charge >= 0.3 is 0 Å². The van der Waals surface area contributed by atoms with Crippen molar-refractivity contribution in [2.75, 3.05) is 19.7 Å². The number of allylic oxidation sites excluding steroid dienone is 1. The van der Waals surface area contributed by atoms with Crippen LogP contribution in [0.4, 0.5) is 0 Å². The molecule has 5 heteroatoms. The molecule has 0 bridgehead atoms. The number of nitrogens with zero attached hydrogens (tertiary/aromatic N) is 2. The van der Waals surface area contributed by atoms with Gasteiger partial charge in [0.15, 0.2) is 0 Å². The molecule has 2 aliphatic rings. The van der Waals surface area contributed by atoms with Crippen molar-refractivity contribution in [1.82, 2.24) is 10.2 Å². The molecule has 0 saturated heterocycles. The fourth-order valence-electron chi connectivity index (χ4n) is 3.05. The summed E-state index contributed by atoms with van der Waals surface area (Å²) in [5.41, 5.74) is 0.989. The maximum absolute atomic E-state index is 10.3. The molecule has 2 heterocycles. The molecule has 5 nitrogen and oxygen atoms in total. The number of hydrogen-bond donors (Lipinski definition) is 2. The van der Waals surface area contributed by atoms with Crippen molar-refractivity contribution in [2.45, 2.75) is 71.6 Å². The molecule has 0 spiro atoms. The summed E-state index contributed by atoms with van der Waals surface area (Å²) in [5, 5.41) is 13.5. The summed E-state index contributed by atoms with van der Waals surface area (Å²) in [4.78, 5) is 6.82. The first-order valence-corrected chi connectivity index (χ1v) is 9.61. The zero-order valence-corrected chi connectivity index (χ0v) is 16.5. The molecule has 0 amide bonds. The van der Waals surface area contributed by atoms with Crippen molar-refractivity contribution >= 4 is 5.90 Å². The largest absolute Gasteiger partial charge is 0.475 e. The summed E-state index contributed by atoms with van der Waals surface area (Å²) in [6.07, 6.45) is 9.48. The van der Waals surface area contributed by atoms with Crippen LogP contribution in [-0.2, 0) is 4.74 Å². The van der Waals surface area contributed by atoms with Crippen LogP contribution in [-0.4, -0.2) is 53.3 Å². The standard InChI is InChI=1S/C20H35N3O2/c1-6-7-8-16-9-10-23(12-17(24)11-21-15(2)3)13-18(16)19-22-20(4,5)14-25-19/h9-10,13,15-17,21,24H,6-8,11-12,14H2,1-5H3. The first-order chi connectivity index (χ1) is 11.8. The smallest absolute Gasteiger partial charge is 0.214 e. The lowest BCUT2D eigenvalue weighted by atomic mass is 9.91. The first-order valence-electron chi connectivity index (χ1n) is 9.61. The lowest BCUT2D eigenvalue weighted by molar-refractivity contribution is 0.143. The van der Waals surface area contributed by atoms with Crippen LogP contribution in [0.15, 0.2) is 29.0 Å². The summed E-state index contributed by atoms with van der Waals surface area (Å²) in [7, 11) is 0. The normalized spacial score (nSPS) is 23.5. The van der Waals surface area contributed by atoms with Crippen molar-refractivity contribution in [3.05, 3.63) is 24.0 Å². The van der Waals surface area contributed by atoms with Gasteiger partial charge in [-0.15, -0.1) is 0 Å². The number of rotatable bonds is 9. The van der Waals surface area contributed by atoms with Gasteiger partial charge in [-0.25, -0.2) is 4.99 Å². The van der Waals surface area contributed by atoms with E-state index in [0.717, 1.165) is 17.9 Å². The van der Waals surface area contributed by atoms with E-state index < -0.39 is 6.10 Å². The zero-order chi connectivity index (χ0) is 18.4. The van der Waals surface area contributed by atoms with Crippen molar-refractivity contribution in [2.24, 2.45) is 10.9 Å². The Morgan fingerprint density at radius 1 is 1.44 bits per heavy atom. The molecule has 2 aliphatic heterocycles. The van der Waals surface area contributed by atoms with Gasteiger partial charge in [-0.2, -0.15) is 0 Å². The second kappa shape index (κ2) is 8.86. The lowest BCUT2D eigenvalue weighted by Crippen LogP contribution is -2.38. The van der Waals surface area contributed by atoms with E-state index in [1.165, 1.54) is 12.8 Å². The molecule has 2 unspecified atom stereocenters. The van der Waals surface area contributed by atoms with E-state index >= 15 is 0 Å². The molecule has 0 saturated carbocycles. The Balaban J connectivity index is 2.08. The van der Waals surface area contributed by atoms with Crippen LogP contribution in [0.1, 0.15) is 53.9 Å². The van der Waals surface area contributed by atoms with Crippen LogP contribution in [0.5, 0.6) is 0 Å². The van der Waals surface area contributed by atoms with E-state index in [4.69, 9.17) is 9.73 Å². The van der Waals surface area contributed by atoms with Gasteiger partial charge in [0, 0.05) is 43.0 Å². The number of aliphatic hydroxyl groups excluding tert-OH is 1. The van der Waals surface area contributed by atoms with E-state index in [1.54, 1.807) is 0 Å². The number of hydrogen-bond acceptors (Lipinski definition) is 5. The van der Waals surface area contributed by atoms with Gasteiger partial charge in [-0.05, 0) is 20.3 Å². The van der Waals surface area contributed by atoms with Crippen molar-refractivity contribution in [3.63, 3.8) is 0 Å². The van der Waals surface area contributed by atoms with Gasteiger partial charge in [0.25, 0.3) is 0 Å². The second-order valence-electron chi connectivity index (χ2n) is 8.11.